The van der Waals surface area contributed by atoms with Gasteiger partial charge >= 0.3 is 6.82 Å². The Morgan fingerprint density at radius 2 is 1.33 bits per heavy atom. The minimum Gasteiger partial charge on any atom is -0.480 e. The van der Waals surface area contributed by atoms with Crippen molar-refractivity contribution in [3.05, 3.63) is 146 Å². The number of nitrogens with zero attached hydrogens (tertiary/aromatic N) is 2. The van der Waals surface area contributed by atoms with Crippen LogP contribution >= 0.6 is 22.6 Å². The zero-order chi connectivity index (χ0) is 27.1. The van der Waals surface area contributed by atoms with Crippen molar-refractivity contribution in [1.82, 2.24) is 4.48 Å². The molecule has 2 aliphatic heterocycles. The van der Waals surface area contributed by atoms with Crippen molar-refractivity contribution in [2.75, 3.05) is 0 Å². The summed E-state index contributed by atoms with van der Waals surface area (Å²) in [5.41, 5.74) is 11.6. The number of halogens is 1. The molecule has 3 heterocycles. The lowest BCUT2D eigenvalue weighted by atomic mass is 9.77. The zero-order valence-corrected chi connectivity index (χ0v) is 25.0. The first kappa shape index (κ1) is 26.0. The van der Waals surface area contributed by atoms with Crippen LogP contribution in [0.15, 0.2) is 108 Å². The van der Waals surface area contributed by atoms with Gasteiger partial charge in [-0.1, -0.05) is 72.8 Å². The van der Waals surface area contributed by atoms with Gasteiger partial charge in [0, 0.05) is 41.1 Å². The Morgan fingerprint density at radius 1 is 0.769 bits per heavy atom. The van der Waals surface area contributed by atoms with Crippen LogP contribution in [0.5, 0.6) is 0 Å². The summed E-state index contributed by atoms with van der Waals surface area (Å²) in [6.07, 6.45) is 2.26. The van der Waals surface area contributed by atoms with Gasteiger partial charge in [-0.25, -0.2) is 0 Å². The third kappa shape index (κ3) is 4.54. The average Bonchev–Trinajstić information content (AvgIpc) is 3.42. The minimum absolute atomic E-state index is 0.431. The summed E-state index contributed by atoms with van der Waals surface area (Å²) in [4.78, 5) is 0. The van der Waals surface area contributed by atoms with E-state index in [1.165, 1.54) is 25.8 Å². The second-order valence-electron chi connectivity index (χ2n) is 10.5. The van der Waals surface area contributed by atoms with Crippen molar-refractivity contribution in [2.24, 2.45) is 0 Å². The van der Waals surface area contributed by atoms with Crippen molar-refractivity contribution in [3.63, 3.8) is 0 Å². The second kappa shape index (κ2) is 10.4. The van der Waals surface area contributed by atoms with Crippen molar-refractivity contribution in [3.8, 4) is 0 Å². The maximum absolute atomic E-state index is 7.07. The number of hydrogen-bond donors (Lipinski definition) is 0. The van der Waals surface area contributed by atoms with Crippen LogP contribution < -0.4 is 0 Å². The van der Waals surface area contributed by atoms with Gasteiger partial charge in [-0.3, -0.25) is 0 Å². The molecule has 6 heteroatoms. The number of aromatic nitrogens is 1. The Hall–Kier alpha value is -3.20. The van der Waals surface area contributed by atoms with Crippen molar-refractivity contribution in [2.45, 2.75) is 40.9 Å². The van der Waals surface area contributed by atoms with Crippen LogP contribution in [0, 0.1) is 17.4 Å². The van der Waals surface area contributed by atoms with Gasteiger partial charge in [-0.2, -0.15) is 0 Å². The smallest absolute Gasteiger partial charge is 0.480 e. The van der Waals surface area contributed by atoms with E-state index in [0.29, 0.717) is 13.2 Å². The van der Waals surface area contributed by atoms with E-state index in [1.54, 1.807) is 0 Å². The first-order valence-electron chi connectivity index (χ1n) is 13.4. The average molecular weight is 626 g/mol. The van der Waals surface area contributed by atoms with Gasteiger partial charge in [0.25, 0.3) is 0 Å². The summed E-state index contributed by atoms with van der Waals surface area (Å²) in [5.74, 6) is 0. The predicted molar refractivity (Wildman–Crippen MR) is 167 cm³/mol. The van der Waals surface area contributed by atoms with E-state index in [1.807, 2.05) is 12.1 Å². The summed E-state index contributed by atoms with van der Waals surface area (Å²) < 4.78 is 20.0. The van der Waals surface area contributed by atoms with Crippen molar-refractivity contribution in [1.29, 1.82) is 0 Å². The van der Waals surface area contributed by atoms with E-state index in [-0.39, 0.29) is 0 Å². The number of rotatable bonds is 7. The van der Waals surface area contributed by atoms with E-state index >= 15 is 0 Å². The normalized spacial score (nSPS) is 15.9. The summed E-state index contributed by atoms with van der Waals surface area (Å²) in [5, 5.41) is 0. The molecule has 4 aromatic rings. The fourth-order valence-corrected chi connectivity index (χ4v) is 6.49. The Bertz CT molecular complexity index is 1590. The summed E-state index contributed by atoms with van der Waals surface area (Å²) in [6.45, 7) is 7.42. The third-order valence-electron chi connectivity index (χ3n) is 7.72. The van der Waals surface area contributed by atoms with Gasteiger partial charge in [0.1, 0.15) is 5.71 Å². The van der Waals surface area contributed by atoms with E-state index in [9.17, 15) is 0 Å². The second-order valence-corrected chi connectivity index (χ2v) is 11.7. The molecule has 0 atom stereocenters. The van der Waals surface area contributed by atoms with Crippen LogP contribution in [-0.2, 0) is 22.5 Å². The molecule has 0 saturated heterocycles. The maximum atomic E-state index is 7.07. The fourth-order valence-electron chi connectivity index (χ4n) is 6.13. The van der Waals surface area contributed by atoms with Gasteiger partial charge in [0.2, 0.25) is 0 Å². The highest BCUT2D eigenvalue weighted by Gasteiger charge is 2.56. The predicted octanol–water partition coefficient (Wildman–Crippen LogP) is 7.63. The number of allylic oxidation sites excluding steroid dienone is 2. The Balaban J connectivity index is 1.60. The van der Waals surface area contributed by atoms with Crippen molar-refractivity contribution < 1.29 is 13.8 Å². The molecule has 2 aliphatic rings. The van der Waals surface area contributed by atoms with Crippen LogP contribution in [0.1, 0.15) is 47.5 Å². The molecule has 6 rings (SSSR count). The molecule has 0 unspecified atom stereocenters. The lowest BCUT2D eigenvalue weighted by molar-refractivity contribution is -0.388. The molecule has 3 aromatic carbocycles. The molecule has 0 radical (unpaired) electrons. The highest BCUT2D eigenvalue weighted by Crippen LogP contribution is 2.44. The van der Waals surface area contributed by atoms with Crippen LogP contribution in [0.25, 0.3) is 5.57 Å². The highest BCUT2D eigenvalue weighted by molar-refractivity contribution is 14.1. The first-order valence-corrected chi connectivity index (χ1v) is 14.5. The van der Waals surface area contributed by atoms with E-state index in [4.69, 9.17) is 9.31 Å². The number of aryl methyl sites for hydroxylation is 2. The van der Waals surface area contributed by atoms with E-state index in [0.717, 1.165) is 33.9 Å². The van der Waals surface area contributed by atoms with Crippen molar-refractivity contribution >= 4 is 40.7 Å². The van der Waals surface area contributed by atoms with Crippen LogP contribution in [0.4, 0.5) is 0 Å². The Morgan fingerprint density at radius 3 is 1.90 bits per heavy atom. The van der Waals surface area contributed by atoms with Gasteiger partial charge < -0.3 is 18.3 Å². The molecular weight excluding hydrogens is 594 g/mol. The molecule has 0 amide bonds. The molecule has 0 N–H and O–H groups in total. The molecule has 0 fully saturated rings. The SMILES string of the molecule is CC1=CC(C)=[N+]2C1=C(c1ccc(I)cc1)c1c(C)cc(C)n1[B-]2(OCc1ccccc1)OCc1ccccc1. The van der Waals surface area contributed by atoms with Gasteiger partial charge in [0.15, 0.2) is 5.70 Å². The van der Waals surface area contributed by atoms with Gasteiger partial charge in [-0.05, 0) is 89.5 Å². The van der Waals surface area contributed by atoms with Crippen LogP contribution in [0.3, 0.4) is 0 Å². The number of hydrogen-bond acceptors (Lipinski definition) is 2. The van der Waals surface area contributed by atoms with Gasteiger partial charge in [-0.15, -0.1) is 0 Å². The quantitative estimate of drug-likeness (QED) is 0.156. The van der Waals surface area contributed by atoms with E-state index in [2.05, 4.69) is 144 Å². The number of benzene rings is 3. The van der Waals surface area contributed by atoms with Gasteiger partial charge in [0.05, 0.1) is 5.57 Å². The van der Waals surface area contributed by atoms with Crippen LogP contribution in [-0.4, -0.2) is 21.5 Å². The molecule has 0 saturated carbocycles. The minimum atomic E-state index is -2.15. The zero-order valence-electron chi connectivity index (χ0n) is 22.8. The molecule has 39 heavy (non-hydrogen) atoms. The fraction of sp³-hybridized carbons (Fsp3) is 0.182. The van der Waals surface area contributed by atoms with Crippen LogP contribution in [0.2, 0.25) is 0 Å². The summed E-state index contributed by atoms with van der Waals surface area (Å²) in [6, 6.07) is 31.8. The first-order chi connectivity index (χ1) is 18.9. The maximum Gasteiger partial charge on any atom is 0.666 e. The summed E-state index contributed by atoms with van der Waals surface area (Å²) >= 11 is 2.37. The van der Waals surface area contributed by atoms with E-state index < -0.39 is 6.82 Å². The topological polar surface area (TPSA) is 26.4 Å². The molecule has 1 aromatic heterocycles. The monoisotopic (exact) mass is 626 g/mol. The molecule has 4 nitrogen and oxygen atoms in total. The molecule has 0 aliphatic carbocycles. The molecule has 0 bridgehead atoms. The largest absolute Gasteiger partial charge is 0.666 e. The molecular formula is C33H32BIN2O2. The Kier molecular flexibility index (Phi) is 6.95. The lowest BCUT2D eigenvalue weighted by Crippen LogP contribution is -2.62. The molecule has 0 spiro atoms. The Labute approximate surface area is 244 Å². The highest BCUT2D eigenvalue weighted by atomic mass is 127. The third-order valence-corrected chi connectivity index (χ3v) is 8.44. The standard InChI is InChI=1S/C33H32BIN2O2/c1-23-19-25(3)36-32(23)31(29-15-17-30(35)18-16-29)33-24(2)20-26(4)37(33)34(36,38-21-27-11-7-5-8-12-27)39-22-28-13-9-6-10-14-28/h5-20H,21-22H2,1-4H3. The summed E-state index contributed by atoms with van der Waals surface area (Å²) in [7, 11) is 0. The lowest BCUT2D eigenvalue weighted by Gasteiger charge is -2.43. The number of fused-ring (bicyclic) bond motifs is 2. The molecule has 196 valence electrons.